The van der Waals surface area contributed by atoms with E-state index in [1.165, 1.54) is 0 Å². The standard InChI is InChI=1S/C27H40N2O3/c1-5-28(6-2)15-9-17-31-21-12-14-24-25(19-21)23-13-11-22(20-26(23)27(24)30)32-18-10-16-29(7-3)8-4/h11-14,19-20,27,30H,5-10,15-18H2,1-4H3. The summed E-state index contributed by atoms with van der Waals surface area (Å²) in [7, 11) is 0. The Morgan fingerprint density at radius 1 is 0.688 bits per heavy atom. The molecule has 0 spiro atoms. The van der Waals surface area contributed by atoms with Gasteiger partial charge in [0.1, 0.15) is 17.6 Å². The molecule has 32 heavy (non-hydrogen) atoms. The minimum Gasteiger partial charge on any atom is -0.494 e. The zero-order chi connectivity index (χ0) is 22.9. The van der Waals surface area contributed by atoms with Gasteiger partial charge in [-0.1, -0.05) is 39.8 Å². The molecule has 0 amide bonds. The first-order chi connectivity index (χ1) is 15.6. The third kappa shape index (κ3) is 6.03. The second-order valence-corrected chi connectivity index (χ2v) is 8.36. The van der Waals surface area contributed by atoms with E-state index < -0.39 is 6.10 Å². The molecule has 5 heteroatoms. The number of fused-ring (bicyclic) bond motifs is 3. The SMILES string of the molecule is CCN(CC)CCCOc1ccc2c(c1)-c1ccc(OCCCN(CC)CC)cc1C2O. The first-order valence-electron chi connectivity index (χ1n) is 12.3. The molecule has 1 aliphatic carbocycles. The van der Waals surface area contributed by atoms with Crippen LogP contribution in [0.15, 0.2) is 36.4 Å². The van der Waals surface area contributed by atoms with Gasteiger partial charge in [0.25, 0.3) is 0 Å². The molecule has 0 aromatic heterocycles. The Morgan fingerprint density at radius 3 is 1.78 bits per heavy atom. The second-order valence-electron chi connectivity index (χ2n) is 8.36. The van der Waals surface area contributed by atoms with E-state index in [1.807, 2.05) is 24.3 Å². The van der Waals surface area contributed by atoms with Crippen molar-refractivity contribution in [2.24, 2.45) is 0 Å². The molecule has 0 bridgehead atoms. The van der Waals surface area contributed by atoms with Crippen molar-refractivity contribution < 1.29 is 14.6 Å². The molecule has 0 saturated carbocycles. The molecule has 1 unspecified atom stereocenters. The maximum absolute atomic E-state index is 10.9. The first-order valence-corrected chi connectivity index (χ1v) is 12.3. The molecule has 0 aliphatic heterocycles. The minimum absolute atomic E-state index is 0.615. The van der Waals surface area contributed by atoms with E-state index in [0.29, 0.717) is 13.2 Å². The monoisotopic (exact) mass is 440 g/mol. The normalized spacial score (nSPS) is 14.7. The lowest BCUT2D eigenvalue weighted by atomic mass is 10.1. The first kappa shape index (κ1) is 24.6. The molecule has 1 N–H and O–H groups in total. The van der Waals surface area contributed by atoms with Gasteiger partial charge >= 0.3 is 0 Å². The molecule has 3 rings (SSSR count). The number of aliphatic hydroxyl groups is 1. The predicted octanol–water partition coefficient (Wildman–Crippen LogP) is 4.97. The molecule has 176 valence electrons. The quantitative estimate of drug-likeness (QED) is 0.420. The molecule has 0 saturated heterocycles. The van der Waals surface area contributed by atoms with Gasteiger partial charge in [0.05, 0.1) is 13.2 Å². The molecule has 0 radical (unpaired) electrons. The highest BCUT2D eigenvalue weighted by Gasteiger charge is 2.28. The lowest BCUT2D eigenvalue weighted by molar-refractivity contribution is 0.223. The van der Waals surface area contributed by atoms with Crippen molar-refractivity contribution in [3.05, 3.63) is 47.5 Å². The highest BCUT2D eigenvalue weighted by molar-refractivity contribution is 5.79. The average molecular weight is 441 g/mol. The molecule has 0 heterocycles. The predicted molar refractivity (Wildman–Crippen MR) is 132 cm³/mol. The summed E-state index contributed by atoms with van der Waals surface area (Å²) in [5.41, 5.74) is 3.98. The van der Waals surface area contributed by atoms with Gasteiger partial charge in [-0.05, 0) is 85.5 Å². The fourth-order valence-corrected chi connectivity index (χ4v) is 4.40. The number of ether oxygens (including phenoxy) is 2. The van der Waals surface area contributed by atoms with Crippen molar-refractivity contribution in [1.82, 2.24) is 9.80 Å². The van der Waals surface area contributed by atoms with Gasteiger partial charge in [0.2, 0.25) is 0 Å². The summed E-state index contributed by atoms with van der Waals surface area (Å²) in [6.07, 6.45) is 1.39. The Morgan fingerprint density at radius 2 is 1.22 bits per heavy atom. The van der Waals surface area contributed by atoms with Crippen LogP contribution < -0.4 is 9.47 Å². The second kappa shape index (κ2) is 12.2. The number of aliphatic hydroxyl groups excluding tert-OH is 1. The largest absolute Gasteiger partial charge is 0.494 e. The molecule has 1 aliphatic rings. The van der Waals surface area contributed by atoms with Gasteiger partial charge in [0, 0.05) is 13.1 Å². The van der Waals surface area contributed by atoms with Gasteiger partial charge in [-0.3, -0.25) is 0 Å². The Labute approximate surface area is 193 Å². The molecule has 0 fully saturated rings. The van der Waals surface area contributed by atoms with Gasteiger partial charge < -0.3 is 24.4 Å². The number of hydrogen-bond acceptors (Lipinski definition) is 5. The van der Waals surface area contributed by atoms with Crippen LogP contribution >= 0.6 is 0 Å². The molecular formula is C27H40N2O3. The van der Waals surface area contributed by atoms with Crippen LogP contribution in [0, 0.1) is 0 Å². The van der Waals surface area contributed by atoms with Crippen LogP contribution in [0.2, 0.25) is 0 Å². The third-order valence-electron chi connectivity index (χ3n) is 6.49. The van der Waals surface area contributed by atoms with Crippen LogP contribution in [-0.4, -0.2) is 67.4 Å². The van der Waals surface area contributed by atoms with E-state index in [1.54, 1.807) is 0 Å². The van der Waals surface area contributed by atoms with E-state index in [-0.39, 0.29) is 0 Å². The van der Waals surface area contributed by atoms with Gasteiger partial charge in [-0.25, -0.2) is 0 Å². The van der Waals surface area contributed by atoms with Gasteiger partial charge in [-0.2, -0.15) is 0 Å². The smallest absolute Gasteiger partial charge is 0.119 e. The fourth-order valence-electron chi connectivity index (χ4n) is 4.40. The summed E-state index contributed by atoms with van der Waals surface area (Å²) in [4.78, 5) is 4.80. The van der Waals surface area contributed by atoms with Crippen molar-refractivity contribution in [2.45, 2.75) is 46.6 Å². The van der Waals surface area contributed by atoms with Gasteiger partial charge in [0.15, 0.2) is 0 Å². The minimum atomic E-state index is -0.615. The highest BCUT2D eigenvalue weighted by atomic mass is 16.5. The van der Waals surface area contributed by atoms with Crippen LogP contribution in [0.4, 0.5) is 0 Å². The van der Waals surface area contributed by atoms with Crippen LogP contribution in [0.1, 0.15) is 57.8 Å². The molecule has 2 aromatic rings. The maximum atomic E-state index is 10.9. The topological polar surface area (TPSA) is 45.2 Å². The summed E-state index contributed by atoms with van der Waals surface area (Å²) in [6.45, 7) is 16.5. The Kier molecular flexibility index (Phi) is 9.39. The number of hydrogen-bond donors (Lipinski definition) is 1. The van der Waals surface area contributed by atoms with Crippen molar-refractivity contribution in [1.29, 1.82) is 0 Å². The van der Waals surface area contributed by atoms with Crippen LogP contribution in [-0.2, 0) is 0 Å². The maximum Gasteiger partial charge on any atom is 0.119 e. The molecule has 5 nitrogen and oxygen atoms in total. The zero-order valence-corrected chi connectivity index (χ0v) is 20.3. The third-order valence-corrected chi connectivity index (χ3v) is 6.49. The zero-order valence-electron chi connectivity index (χ0n) is 20.3. The highest BCUT2D eigenvalue weighted by Crippen LogP contribution is 2.46. The van der Waals surface area contributed by atoms with Crippen LogP contribution in [0.25, 0.3) is 11.1 Å². The lowest BCUT2D eigenvalue weighted by Crippen LogP contribution is -2.25. The summed E-state index contributed by atoms with van der Waals surface area (Å²) < 4.78 is 12.0. The van der Waals surface area contributed by atoms with Crippen molar-refractivity contribution >= 4 is 0 Å². The number of benzene rings is 2. The summed E-state index contributed by atoms with van der Waals surface area (Å²) >= 11 is 0. The van der Waals surface area contributed by atoms with Crippen molar-refractivity contribution in [3.8, 4) is 22.6 Å². The summed E-state index contributed by atoms with van der Waals surface area (Å²) in [5.74, 6) is 1.68. The van der Waals surface area contributed by atoms with Gasteiger partial charge in [-0.15, -0.1) is 0 Å². The Balaban J connectivity index is 1.59. The average Bonchev–Trinajstić information content (AvgIpc) is 3.10. The van der Waals surface area contributed by atoms with E-state index in [0.717, 1.165) is 85.9 Å². The van der Waals surface area contributed by atoms with E-state index in [2.05, 4.69) is 49.6 Å². The summed E-state index contributed by atoms with van der Waals surface area (Å²) in [6, 6.07) is 12.1. The Hall–Kier alpha value is -2.08. The molecule has 1 atom stereocenters. The number of rotatable bonds is 14. The van der Waals surface area contributed by atoms with E-state index in [4.69, 9.17) is 9.47 Å². The van der Waals surface area contributed by atoms with Crippen LogP contribution in [0.5, 0.6) is 11.5 Å². The fraction of sp³-hybridized carbons (Fsp3) is 0.556. The number of nitrogens with zero attached hydrogens (tertiary/aromatic N) is 2. The van der Waals surface area contributed by atoms with Crippen molar-refractivity contribution in [3.63, 3.8) is 0 Å². The van der Waals surface area contributed by atoms with Crippen LogP contribution in [0.3, 0.4) is 0 Å². The Bertz CT molecular complexity index is 847. The van der Waals surface area contributed by atoms with E-state index in [9.17, 15) is 5.11 Å². The molecular weight excluding hydrogens is 400 g/mol. The summed E-state index contributed by atoms with van der Waals surface area (Å²) in [5, 5.41) is 10.9. The lowest BCUT2D eigenvalue weighted by Gasteiger charge is -2.18. The van der Waals surface area contributed by atoms with E-state index >= 15 is 0 Å². The molecule has 2 aromatic carbocycles. The van der Waals surface area contributed by atoms with Crippen molar-refractivity contribution in [2.75, 3.05) is 52.5 Å².